The fraction of sp³-hybridized carbons (Fsp3) is 1.00. The van der Waals surface area contributed by atoms with Crippen LogP contribution in [0, 0.1) is 0 Å². The summed E-state index contributed by atoms with van der Waals surface area (Å²) in [5.74, 6) is -0.913. The molecule has 2 atom stereocenters. The van der Waals surface area contributed by atoms with E-state index in [0.717, 1.165) is 6.42 Å². The van der Waals surface area contributed by atoms with Gasteiger partial charge < -0.3 is 15.6 Å². The third-order valence-electron chi connectivity index (χ3n) is 1.61. The average molecular weight is 131 g/mol. The molecule has 0 aromatic carbocycles. The minimum Gasteiger partial charge on any atom is -0.366 e. The van der Waals surface area contributed by atoms with Gasteiger partial charge in [0.25, 0.3) is 0 Å². The van der Waals surface area contributed by atoms with Crippen molar-refractivity contribution < 1.29 is 9.84 Å². The van der Waals surface area contributed by atoms with Crippen LogP contribution in [0.4, 0.5) is 0 Å². The summed E-state index contributed by atoms with van der Waals surface area (Å²) >= 11 is 0. The second-order valence-corrected chi connectivity index (χ2v) is 2.69. The molecule has 0 aliphatic carbocycles. The first-order valence-corrected chi connectivity index (χ1v) is 3.24. The highest BCUT2D eigenvalue weighted by Crippen LogP contribution is 2.26. The summed E-state index contributed by atoms with van der Waals surface area (Å²) in [6, 6.07) is 0. The molecule has 0 bridgehead atoms. The second-order valence-electron chi connectivity index (χ2n) is 2.69. The predicted octanol–water partition coefficient (Wildman–Crippen LogP) is -0.167. The average Bonchev–Trinajstić information content (AvgIpc) is 2.10. The molecule has 9 heavy (non-hydrogen) atoms. The molecular formula is C6H13NO2. The van der Waals surface area contributed by atoms with Crippen LogP contribution in [0.25, 0.3) is 0 Å². The Morgan fingerprint density at radius 2 is 2.56 bits per heavy atom. The Morgan fingerprint density at radius 1 is 1.89 bits per heavy atom. The Labute approximate surface area is 54.8 Å². The molecule has 1 heterocycles. The molecule has 0 aromatic rings. The van der Waals surface area contributed by atoms with Crippen LogP contribution in [-0.2, 0) is 4.74 Å². The van der Waals surface area contributed by atoms with E-state index >= 15 is 0 Å². The third kappa shape index (κ3) is 1.64. The molecule has 1 fully saturated rings. The number of hydrogen-bond acceptors (Lipinski definition) is 3. The molecule has 1 saturated heterocycles. The summed E-state index contributed by atoms with van der Waals surface area (Å²) in [6.45, 7) is 2.18. The standard InChI is InChI=1S/C6H13NO2/c1-6(8)3-2-5(4-7)9-6/h5,8H,2-4,7H2,1H3/t5-,6?/m1/s1. The van der Waals surface area contributed by atoms with Crippen molar-refractivity contribution >= 4 is 0 Å². The Kier molecular flexibility index (Phi) is 1.75. The number of nitrogens with two attached hydrogens (primary N) is 1. The van der Waals surface area contributed by atoms with E-state index in [0.29, 0.717) is 13.0 Å². The first kappa shape index (κ1) is 6.99. The van der Waals surface area contributed by atoms with Gasteiger partial charge in [-0.3, -0.25) is 0 Å². The monoisotopic (exact) mass is 131 g/mol. The van der Waals surface area contributed by atoms with E-state index in [1.54, 1.807) is 6.92 Å². The van der Waals surface area contributed by atoms with Crippen LogP contribution in [0.3, 0.4) is 0 Å². The van der Waals surface area contributed by atoms with Gasteiger partial charge in [-0.1, -0.05) is 0 Å². The number of aliphatic hydroxyl groups is 1. The molecule has 0 saturated carbocycles. The molecule has 1 aliphatic heterocycles. The largest absolute Gasteiger partial charge is 0.366 e. The molecule has 0 radical (unpaired) electrons. The minimum atomic E-state index is -0.913. The van der Waals surface area contributed by atoms with Gasteiger partial charge >= 0.3 is 0 Å². The van der Waals surface area contributed by atoms with Crippen molar-refractivity contribution in [1.29, 1.82) is 0 Å². The van der Waals surface area contributed by atoms with Crippen molar-refractivity contribution in [1.82, 2.24) is 0 Å². The lowest BCUT2D eigenvalue weighted by atomic mass is 10.2. The smallest absolute Gasteiger partial charge is 0.163 e. The maximum atomic E-state index is 9.22. The lowest BCUT2D eigenvalue weighted by Crippen LogP contribution is -2.27. The molecule has 0 spiro atoms. The van der Waals surface area contributed by atoms with Crippen molar-refractivity contribution in [3.63, 3.8) is 0 Å². The van der Waals surface area contributed by atoms with E-state index in [2.05, 4.69) is 0 Å². The van der Waals surface area contributed by atoms with Crippen LogP contribution in [0.5, 0.6) is 0 Å². The highest BCUT2D eigenvalue weighted by Gasteiger charge is 2.32. The lowest BCUT2D eigenvalue weighted by Gasteiger charge is -2.16. The maximum Gasteiger partial charge on any atom is 0.163 e. The van der Waals surface area contributed by atoms with Crippen LogP contribution in [0.1, 0.15) is 19.8 Å². The molecule has 54 valence electrons. The summed E-state index contributed by atoms with van der Waals surface area (Å²) in [5, 5.41) is 9.22. The van der Waals surface area contributed by atoms with E-state index in [9.17, 15) is 5.11 Å². The molecule has 1 unspecified atom stereocenters. The highest BCUT2D eigenvalue weighted by molar-refractivity contribution is 4.75. The van der Waals surface area contributed by atoms with Crippen LogP contribution in [0.15, 0.2) is 0 Å². The molecular weight excluding hydrogens is 118 g/mol. The van der Waals surface area contributed by atoms with E-state index in [1.165, 1.54) is 0 Å². The summed E-state index contributed by atoms with van der Waals surface area (Å²) in [7, 11) is 0. The van der Waals surface area contributed by atoms with Crippen molar-refractivity contribution in [2.75, 3.05) is 6.54 Å². The number of rotatable bonds is 1. The maximum absolute atomic E-state index is 9.22. The second kappa shape index (κ2) is 2.25. The van der Waals surface area contributed by atoms with Gasteiger partial charge in [0.05, 0.1) is 6.10 Å². The van der Waals surface area contributed by atoms with Crippen molar-refractivity contribution in [3.05, 3.63) is 0 Å². The first-order chi connectivity index (χ1) is 4.14. The SMILES string of the molecule is CC1(O)CC[C@H](CN)O1. The van der Waals surface area contributed by atoms with Gasteiger partial charge in [0.15, 0.2) is 5.79 Å². The topological polar surface area (TPSA) is 55.5 Å². The summed E-state index contributed by atoms with van der Waals surface area (Å²) in [5.41, 5.74) is 5.32. The molecule has 1 rings (SSSR count). The fourth-order valence-corrected chi connectivity index (χ4v) is 1.07. The Hall–Kier alpha value is -0.120. The van der Waals surface area contributed by atoms with Crippen LogP contribution in [0.2, 0.25) is 0 Å². The van der Waals surface area contributed by atoms with Crippen molar-refractivity contribution in [2.45, 2.75) is 31.7 Å². The van der Waals surface area contributed by atoms with Gasteiger partial charge in [-0.15, -0.1) is 0 Å². The molecule has 0 aromatic heterocycles. The molecule has 1 aliphatic rings. The van der Waals surface area contributed by atoms with E-state index in [4.69, 9.17) is 10.5 Å². The van der Waals surface area contributed by atoms with Crippen LogP contribution >= 0.6 is 0 Å². The normalized spacial score (nSPS) is 43.7. The predicted molar refractivity (Wildman–Crippen MR) is 33.8 cm³/mol. The van der Waals surface area contributed by atoms with Gasteiger partial charge in [-0.05, 0) is 13.3 Å². The lowest BCUT2D eigenvalue weighted by molar-refractivity contribution is -0.175. The van der Waals surface area contributed by atoms with Gasteiger partial charge in [0.2, 0.25) is 0 Å². The Balaban J connectivity index is 2.38. The third-order valence-corrected chi connectivity index (χ3v) is 1.61. The molecule has 3 heteroatoms. The number of hydrogen-bond donors (Lipinski definition) is 2. The van der Waals surface area contributed by atoms with Crippen molar-refractivity contribution in [3.8, 4) is 0 Å². The fourth-order valence-electron chi connectivity index (χ4n) is 1.07. The Morgan fingerprint density at radius 3 is 2.78 bits per heavy atom. The Bertz CT molecular complexity index is 103. The molecule has 3 nitrogen and oxygen atoms in total. The summed E-state index contributed by atoms with van der Waals surface area (Å²) in [6.07, 6.45) is 1.65. The van der Waals surface area contributed by atoms with Gasteiger partial charge in [-0.25, -0.2) is 0 Å². The van der Waals surface area contributed by atoms with Crippen LogP contribution in [-0.4, -0.2) is 23.5 Å². The minimum absolute atomic E-state index is 0.0694. The van der Waals surface area contributed by atoms with Gasteiger partial charge in [0, 0.05) is 13.0 Å². The summed E-state index contributed by atoms with van der Waals surface area (Å²) in [4.78, 5) is 0. The first-order valence-electron chi connectivity index (χ1n) is 3.24. The van der Waals surface area contributed by atoms with Crippen molar-refractivity contribution in [2.24, 2.45) is 5.73 Å². The zero-order chi connectivity index (χ0) is 6.91. The van der Waals surface area contributed by atoms with E-state index in [-0.39, 0.29) is 6.10 Å². The molecule has 0 amide bonds. The van der Waals surface area contributed by atoms with Gasteiger partial charge in [0.1, 0.15) is 0 Å². The zero-order valence-electron chi connectivity index (χ0n) is 5.63. The van der Waals surface area contributed by atoms with Crippen LogP contribution < -0.4 is 5.73 Å². The van der Waals surface area contributed by atoms with Gasteiger partial charge in [-0.2, -0.15) is 0 Å². The quantitative estimate of drug-likeness (QED) is 0.519. The summed E-state index contributed by atoms with van der Waals surface area (Å²) < 4.78 is 5.13. The molecule has 3 N–H and O–H groups in total. The highest BCUT2D eigenvalue weighted by atomic mass is 16.6. The van der Waals surface area contributed by atoms with E-state index in [1.807, 2.05) is 0 Å². The van der Waals surface area contributed by atoms with E-state index < -0.39 is 5.79 Å². The zero-order valence-corrected chi connectivity index (χ0v) is 5.63. The number of ether oxygens (including phenoxy) is 1.